The third-order valence-electron chi connectivity index (χ3n) is 4.75. The van der Waals surface area contributed by atoms with Gasteiger partial charge < -0.3 is 0 Å². The maximum Gasteiger partial charge on any atom is 0.145 e. The van der Waals surface area contributed by atoms with Crippen molar-refractivity contribution in [1.82, 2.24) is 14.4 Å². The Labute approximate surface area is 122 Å². The molecule has 102 valence electrons. The first-order chi connectivity index (χ1) is 10.3. The van der Waals surface area contributed by atoms with Crippen LogP contribution >= 0.6 is 0 Å². The Kier molecular flexibility index (Phi) is 1.94. The molecule has 1 aliphatic heterocycles. The lowest BCUT2D eigenvalue weighted by Crippen LogP contribution is -2.10. The Morgan fingerprint density at radius 2 is 1.86 bits per heavy atom. The maximum absolute atomic E-state index is 4.86. The number of imidazole rings is 1. The van der Waals surface area contributed by atoms with E-state index in [4.69, 9.17) is 4.98 Å². The smallest absolute Gasteiger partial charge is 0.145 e. The van der Waals surface area contributed by atoms with Crippen LogP contribution in [-0.2, 0) is 12.8 Å². The summed E-state index contributed by atoms with van der Waals surface area (Å²) >= 11 is 0. The van der Waals surface area contributed by atoms with Crippen LogP contribution in [0.1, 0.15) is 22.6 Å². The molecule has 0 fully saturated rings. The van der Waals surface area contributed by atoms with Crippen molar-refractivity contribution in [2.75, 3.05) is 0 Å². The summed E-state index contributed by atoms with van der Waals surface area (Å²) in [7, 11) is 0. The largest absolute Gasteiger partial charge is 0.294 e. The van der Waals surface area contributed by atoms with Gasteiger partial charge in [-0.05, 0) is 37.6 Å². The zero-order valence-corrected chi connectivity index (χ0v) is 12.1. The van der Waals surface area contributed by atoms with Crippen molar-refractivity contribution >= 4 is 27.3 Å². The van der Waals surface area contributed by atoms with Gasteiger partial charge >= 0.3 is 0 Å². The number of aromatic nitrogens is 3. The van der Waals surface area contributed by atoms with Gasteiger partial charge in [-0.25, -0.2) is 4.98 Å². The predicted octanol–water partition coefficient (Wildman–Crippen LogP) is 3.75. The van der Waals surface area contributed by atoms with Gasteiger partial charge in [-0.15, -0.1) is 0 Å². The monoisotopic (exact) mass is 273 g/mol. The molecule has 5 rings (SSSR count). The van der Waals surface area contributed by atoms with E-state index >= 15 is 0 Å². The van der Waals surface area contributed by atoms with E-state index in [2.05, 4.69) is 47.5 Å². The Balaban J connectivity index is 2.27. The van der Waals surface area contributed by atoms with E-state index in [1.807, 2.05) is 6.20 Å². The Morgan fingerprint density at radius 1 is 1.05 bits per heavy atom. The van der Waals surface area contributed by atoms with Gasteiger partial charge in [0.15, 0.2) is 0 Å². The number of pyridine rings is 2. The van der Waals surface area contributed by atoms with E-state index in [9.17, 15) is 0 Å². The first-order valence-corrected chi connectivity index (χ1v) is 7.42. The van der Waals surface area contributed by atoms with Gasteiger partial charge in [0.25, 0.3) is 0 Å². The van der Waals surface area contributed by atoms with Crippen molar-refractivity contribution in [3.63, 3.8) is 0 Å². The fourth-order valence-corrected chi connectivity index (χ4v) is 3.81. The van der Waals surface area contributed by atoms with Crippen LogP contribution < -0.4 is 0 Å². The summed E-state index contributed by atoms with van der Waals surface area (Å²) in [6, 6.07) is 8.60. The van der Waals surface area contributed by atoms with E-state index in [0.29, 0.717) is 0 Å². The number of nitrogens with zero attached hydrogens (tertiary/aromatic N) is 3. The van der Waals surface area contributed by atoms with Crippen molar-refractivity contribution in [3.8, 4) is 0 Å². The quantitative estimate of drug-likeness (QED) is 0.457. The summed E-state index contributed by atoms with van der Waals surface area (Å²) in [6.45, 7) is 4.28. The summed E-state index contributed by atoms with van der Waals surface area (Å²) in [4.78, 5) is 9.55. The summed E-state index contributed by atoms with van der Waals surface area (Å²) in [6.07, 6.45) is 4.06. The van der Waals surface area contributed by atoms with Crippen LogP contribution in [0.2, 0.25) is 0 Å². The molecule has 0 saturated carbocycles. The van der Waals surface area contributed by atoms with Crippen LogP contribution in [0, 0.1) is 13.8 Å². The van der Waals surface area contributed by atoms with Gasteiger partial charge in [0.05, 0.1) is 16.9 Å². The van der Waals surface area contributed by atoms with Gasteiger partial charge in [0.2, 0.25) is 0 Å². The minimum atomic E-state index is 1.01. The first-order valence-electron chi connectivity index (χ1n) is 7.42. The molecule has 3 heteroatoms. The van der Waals surface area contributed by atoms with Gasteiger partial charge in [-0.1, -0.05) is 24.3 Å². The molecule has 0 N–H and O–H groups in total. The highest BCUT2D eigenvalue weighted by atomic mass is 15.0. The second-order valence-electron chi connectivity index (χ2n) is 5.96. The predicted molar refractivity (Wildman–Crippen MR) is 84.9 cm³/mol. The molecule has 4 heterocycles. The van der Waals surface area contributed by atoms with Crippen molar-refractivity contribution < 1.29 is 0 Å². The zero-order chi connectivity index (χ0) is 14.1. The molecule has 0 unspecified atom stereocenters. The Hall–Kier alpha value is -2.42. The van der Waals surface area contributed by atoms with Crippen molar-refractivity contribution in [2.24, 2.45) is 0 Å². The van der Waals surface area contributed by atoms with E-state index in [1.54, 1.807) is 0 Å². The topological polar surface area (TPSA) is 30.2 Å². The van der Waals surface area contributed by atoms with E-state index in [1.165, 1.54) is 38.6 Å². The second-order valence-corrected chi connectivity index (χ2v) is 5.96. The Morgan fingerprint density at radius 3 is 2.71 bits per heavy atom. The van der Waals surface area contributed by atoms with Crippen LogP contribution in [0.4, 0.5) is 0 Å². The lowest BCUT2D eigenvalue weighted by Gasteiger charge is -2.19. The molecule has 21 heavy (non-hydrogen) atoms. The highest BCUT2D eigenvalue weighted by molar-refractivity contribution is 6.13. The molecule has 1 aromatic carbocycles. The second kappa shape index (κ2) is 3.61. The molecule has 0 amide bonds. The van der Waals surface area contributed by atoms with E-state index in [-0.39, 0.29) is 0 Å². The molecule has 0 bridgehead atoms. The molecule has 4 aromatic rings. The summed E-state index contributed by atoms with van der Waals surface area (Å²) in [5, 5.41) is 3.86. The summed E-state index contributed by atoms with van der Waals surface area (Å²) in [5.74, 6) is 0. The number of hydrogen-bond donors (Lipinski definition) is 0. The van der Waals surface area contributed by atoms with Crippen LogP contribution in [-0.4, -0.2) is 14.4 Å². The third kappa shape index (κ3) is 1.24. The van der Waals surface area contributed by atoms with Crippen molar-refractivity contribution in [3.05, 3.63) is 53.1 Å². The minimum absolute atomic E-state index is 1.01. The third-order valence-corrected chi connectivity index (χ3v) is 4.75. The van der Waals surface area contributed by atoms with Crippen LogP contribution in [0.5, 0.6) is 0 Å². The fourth-order valence-electron chi connectivity index (χ4n) is 3.81. The normalized spacial score (nSPS) is 13.8. The van der Waals surface area contributed by atoms with Crippen LogP contribution in [0.3, 0.4) is 0 Å². The standard InChI is InChI=1S/C18H15N3/c1-10-9-19-14-7-8-15-11(2)20-18-13-6-4-3-5-12(13)16(10)17(14)21(15)18/h3-6,9H,7-8H2,1-2H3. The molecule has 1 aliphatic rings. The molecule has 0 aliphatic carbocycles. The molecule has 0 spiro atoms. The van der Waals surface area contributed by atoms with Crippen molar-refractivity contribution in [1.29, 1.82) is 0 Å². The van der Waals surface area contributed by atoms with E-state index in [0.717, 1.165) is 24.2 Å². The number of benzene rings is 1. The van der Waals surface area contributed by atoms with Crippen LogP contribution in [0.15, 0.2) is 30.5 Å². The molecule has 0 radical (unpaired) electrons. The fraction of sp³-hybridized carbons (Fsp3) is 0.222. The van der Waals surface area contributed by atoms with Gasteiger partial charge in [-0.3, -0.25) is 9.38 Å². The molecule has 3 aromatic heterocycles. The van der Waals surface area contributed by atoms with E-state index < -0.39 is 0 Å². The highest BCUT2D eigenvalue weighted by Crippen LogP contribution is 2.36. The lowest BCUT2D eigenvalue weighted by atomic mass is 9.98. The molecule has 3 nitrogen and oxygen atoms in total. The summed E-state index contributed by atoms with van der Waals surface area (Å²) < 4.78 is 2.35. The average molecular weight is 273 g/mol. The van der Waals surface area contributed by atoms with Crippen LogP contribution in [0.25, 0.3) is 27.3 Å². The van der Waals surface area contributed by atoms with Gasteiger partial charge in [0, 0.05) is 22.7 Å². The van der Waals surface area contributed by atoms with Crippen molar-refractivity contribution in [2.45, 2.75) is 26.7 Å². The molecule has 0 saturated heterocycles. The average Bonchev–Trinajstić information content (AvgIpc) is 2.85. The first kappa shape index (κ1) is 11.3. The zero-order valence-electron chi connectivity index (χ0n) is 12.1. The number of fused-ring (bicyclic) bond motifs is 3. The SMILES string of the molecule is Cc1nc2c3ccccc3c3c(C)cnc4c3n2c1CC4. The summed E-state index contributed by atoms with van der Waals surface area (Å²) in [5.41, 5.74) is 7.30. The molecular formula is C18H15N3. The lowest BCUT2D eigenvalue weighted by molar-refractivity contribution is 0.835. The van der Waals surface area contributed by atoms with Gasteiger partial charge in [-0.2, -0.15) is 0 Å². The Bertz CT molecular complexity index is 1060. The number of hydrogen-bond acceptors (Lipinski definition) is 2. The maximum atomic E-state index is 4.86. The minimum Gasteiger partial charge on any atom is -0.294 e. The van der Waals surface area contributed by atoms with Gasteiger partial charge in [0.1, 0.15) is 5.65 Å². The molecular weight excluding hydrogens is 258 g/mol. The highest BCUT2D eigenvalue weighted by Gasteiger charge is 2.22. The number of aryl methyl sites for hydroxylation is 4. The molecule has 0 atom stereocenters. The number of rotatable bonds is 0.